The molecule has 1 saturated heterocycles. The van der Waals surface area contributed by atoms with Gasteiger partial charge >= 0.3 is 0 Å². The SMILES string of the molecule is Fc1ccc(CN2CCC(Nc3c(F)c(F)nc(F)c3F)CC2)cc1. The van der Waals surface area contributed by atoms with Crippen molar-refractivity contribution in [1.29, 1.82) is 0 Å². The molecule has 1 aliphatic rings. The Morgan fingerprint density at radius 2 is 1.48 bits per heavy atom. The minimum Gasteiger partial charge on any atom is -0.377 e. The zero-order valence-electron chi connectivity index (χ0n) is 13.2. The molecule has 1 N–H and O–H groups in total. The molecule has 0 amide bonds. The van der Waals surface area contributed by atoms with Gasteiger partial charge in [0.1, 0.15) is 11.5 Å². The van der Waals surface area contributed by atoms with Crippen molar-refractivity contribution in [3.05, 3.63) is 59.2 Å². The first-order valence-electron chi connectivity index (χ1n) is 7.87. The maximum atomic E-state index is 13.6. The van der Waals surface area contributed by atoms with E-state index >= 15 is 0 Å². The lowest BCUT2D eigenvalue weighted by atomic mass is 10.0. The van der Waals surface area contributed by atoms with Crippen LogP contribution in [-0.4, -0.2) is 29.0 Å². The van der Waals surface area contributed by atoms with Gasteiger partial charge in [-0.05, 0) is 30.5 Å². The lowest BCUT2D eigenvalue weighted by Gasteiger charge is -2.33. The molecule has 0 atom stereocenters. The molecule has 0 radical (unpaired) electrons. The molecule has 25 heavy (non-hydrogen) atoms. The molecule has 2 heterocycles. The van der Waals surface area contributed by atoms with E-state index in [1.165, 1.54) is 12.1 Å². The zero-order valence-corrected chi connectivity index (χ0v) is 13.2. The molecule has 0 saturated carbocycles. The van der Waals surface area contributed by atoms with Crippen LogP contribution in [0.15, 0.2) is 24.3 Å². The van der Waals surface area contributed by atoms with Crippen molar-refractivity contribution in [2.45, 2.75) is 25.4 Å². The molecule has 1 aliphatic heterocycles. The first-order valence-corrected chi connectivity index (χ1v) is 7.87. The molecule has 2 aromatic rings. The highest BCUT2D eigenvalue weighted by atomic mass is 19.2. The van der Waals surface area contributed by atoms with Crippen LogP contribution in [0.25, 0.3) is 0 Å². The van der Waals surface area contributed by atoms with Gasteiger partial charge in [-0.25, -0.2) is 4.39 Å². The van der Waals surface area contributed by atoms with Crippen LogP contribution in [0.2, 0.25) is 0 Å². The molecule has 0 bridgehead atoms. The van der Waals surface area contributed by atoms with Crippen LogP contribution in [0.5, 0.6) is 0 Å². The number of benzene rings is 1. The van der Waals surface area contributed by atoms with Crippen LogP contribution in [-0.2, 0) is 6.54 Å². The number of nitrogens with zero attached hydrogens (tertiary/aromatic N) is 2. The second-order valence-corrected chi connectivity index (χ2v) is 6.02. The Morgan fingerprint density at radius 1 is 0.920 bits per heavy atom. The maximum Gasteiger partial charge on any atom is 0.253 e. The predicted octanol–water partition coefficient (Wildman–Crippen LogP) is 3.85. The molecule has 1 aromatic carbocycles. The van der Waals surface area contributed by atoms with E-state index in [2.05, 4.69) is 15.2 Å². The van der Waals surface area contributed by atoms with Gasteiger partial charge in [0.2, 0.25) is 11.6 Å². The normalized spacial score (nSPS) is 16.2. The summed E-state index contributed by atoms with van der Waals surface area (Å²) >= 11 is 0. The highest BCUT2D eigenvalue weighted by Crippen LogP contribution is 2.25. The summed E-state index contributed by atoms with van der Waals surface area (Å²) in [7, 11) is 0. The van der Waals surface area contributed by atoms with Gasteiger partial charge in [0.25, 0.3) is 11.9 Å². The maximum absolute atomic E-state index is 13.6. The standard InChI is InChI=1S/C17H16F5N3/c18-11-3-1-10(2-4-11)9-25-7-5-12(6-8-25)23-15-13(19)16(21)24-17(22)14(15)20/h1-4,12H,5-9H2,(H,23,24). The summed E-state index contributed by atoms with van der Waals surface area (Å²) in [5, 5.41) is 2.54. The van der Waals surface area contributed by atoms with E-state index in [0.717, 1.165) is 5.56 Å². The van der Waals surface area contributed by atoms with Gasteiger partial charge in [0.05, 0.1) is 0 Å². The molecule has 3 nitrogen and oxygen atoms in total. The Bertz CT molecular complexity index is 717. The van der Waals surface area contributed by atoms with Gasteiger partial charge in [0, 0.05) is 25.7 Å². The van der Waals surface area contributed by atoms with Crippen LogP contribution < -0.4 is 5.32 Å². The lowest BCUT2D eigenvalue weighted by Crippen LogP contribution is -2.39. The largest absolute Gasteiger partial charge is 0.377 e. The number of halogens is 5. The second-order valence-electron chi connectivity index (χ2n) is 6.02. The van der Waals surface area contributed by atoms with E-state index in [9.17, 15) is 22.0 Å². The van der Waals surface area contributed by atoms with Crippen LogP contribution in [0.3, 0.4) is 0 Å². The van der Waals surface area contributed by atoms with E-state index in [4.69, 9.17) is 0 Å². The summed E-state index contributed by atoms with van der Waals surface area (Å²) in [6, 6.07) is 5.87. The molecular formula is C17H16F5N3. The second kappa shape index (κ2) is 7.35. The average molecular weight is 357 g/mol. The molecule has 0 unspecified atom stereocenters. The summed E-state index contributed by atoms with van der Waals surface area (Å²) < 4.78 is 66.5. The van der Waals surface area contributed by atoms with Gasteiger partial charge in [0.15, 0.2) is 0 Å². The monoisotopic (exact) mass is 357 g/mol. The zero-order chi connectivity index (χ0) is 18.0. The number of hydrogen-bond acceptors (Lipinski definition) is 3. The molecule has 0 aliphatic carbocycles. The molecule has 0 spiro atoms. The van der Waals surface area contributed by atoms with E-state index in [1.807, 2.05) is 0 Å². The highest BCUT2D eigenvalue weighted by molar-refractivity contribution is 5.46. The molecule has 134 valence electrons. The summed E-state index contributed by atoms with van der Waals surface area (Å²) in [6.45, 7) is 1.90. The fourth-order valence-corrected chi connectivity index (χ4v) is 2.90. The van der Waals surface area contributed by atoms with Gasteiger partial charge in [-0.3, -0.25) is 4.90 Å². The van der Waals surface area contributed by atoms with E-state index in [0.29, 0.717) is 32.5 Å². The van der Waals surface area contributed by atoms with Crippen molar-refractivity contribution in [2.75, 3.05) is 18.4 Å². The molecule has 3 rings (SSSR count). The van der Waals surface area contributed by atoms with Crippen molar-refractivity contribution >= 4 is 5.69 Å². The smallest absolute Gasteiger partial charge is 0.253 e. The van der Waals surface area contributed by atoms with Crippen LogP contribution in [0.1, 0.15) is 18.4 Å². The van der Waals surface area contributed by atoms with Crippen molar-refractivity contribution in [3.63, 3.8) is 0 Å². The highest BCUT2D eigenvalue weighted by Gasteiger charge is 2.25. The third-order valence-electron chi connectivity index (χ3n) is 4.25. The molecular weight excluding hydrogens is 341 g/mol. The molecule has 8 heteroatoms. The van der Waals surface area contributed by atoms with Crippen LogP contribution in [0, 0.1) is 29.3 Å². The Morgan fingerprint density at radius 3 is 2.04 bits per heavy atom. The number of anilines is 1. The number of hydrogen-bond donors (Lipinski definition) is 1. The van der Waals surface area contributed by atoms with Gasteiger partial charge in [-0.1, -0.05) is 12.1 Å². The number of nitrogens with one attached hydrogen (secondary N) is 1. The van der Waals surface area contributed by atoms with Crippen molar-refractivity contribution in [1.82, 2.24) is 9.88 Å². The van der Waals surface area contributed by atoms with Crippen LogP contribution in [0.4, 0.5) is 27.6 Å². The molecule has 1 fully saturated rings. The topological polar surface area (TPSA) is 28.2 Å². The van der Waals surface area contributed by atoms with Crippen molar-refractivity contribution in [3.8, 4) is 0 Å². The number of aromatic nitrogens is 1. The summed E-state index contributed by atoms with van der Waals surface area (Å²) in [4.78, 5) is 4.65. The Kier molecular flexibility index (Phi) is 5.17. The minimum atomic E-state index is -1.67. The number of rotatable bonds is 4. The Balaban J connectivity index is 1.59. The van der Waals surface area contributed by atoms with E-state index < -0.39 is 29.2 Å². The van der Waals surface area contributed by atoms with Crippen molar-refractivity contribution < 1.29 is 22.0 Å². The Labute approximate surface area is 141 Å². The number of piperidine rings is 1. The third-order valence-corrected chi connectivity index (χ3v) is 4.25. The Hall–Kier alpha value is -2.22. The van der Waals surface area contributed by atoms with Gasteiger partial charge in [-0.2, -0.15) is 22.5 Å². The summed E-state index contributed by atoms with van der Waals surface area (Å²) in [6.07, 6.45) is 1.09. The predicted molar refractivity (Wildman–Crippen MR) is 82.4 cm³/mol. The molecule has 1 aromatic heterocycles. The fraction of sp³-hybridized carbons (Fsp3) is 0.353. The van der Waals surface area contributed by atoms with Crippen LogP contribution >= 0.6 is 0 Å². The number of likely N-dealkylation sites (tertiary alicyclic amines) is 1. The quantitative estimate of drug-likeness (QED) is 0.665. The van der Waals surface area contributed by atoms with Gasteiger partial charge in [-0.15, -0.1) is 0 Å². The first-order chi connectivity index (χ1) is 11.9. The van der Waals surface area contributed by atoms with Crippen molar-refractivity contribution in [2.24, 2.45) is 0 Å². The van der Waals surface area contributed by atoms with E-state index in [-0.39, 0.29) is 11.9 Å². The van der Waals surface area contributed by atoms with E-state index in [1.54, 1.807) is 12.1 Å². The fourth-order valence-electron chi connectivity index (χ4n) is 2.90. The lowest BCUT2D eigenvalue weighted by molar-refractivity contribution is 0.211. The summed E-state index contributed by atoms with van der Waals surface area (Å²) in [5.74, 6) is -6.68. The summed E-state index contributed by atoms with van der Waals surface area (Å²) in [5.41, 5.74) is 0.144. The minimum absolute atomic E-state index is 0.299. The number of pyridine rings is 1. The first kappa shape index (κ1) is 17.6. The average Bonchev–Trinajstić information content (AvgIpc) is 2.60. The third kappa shape index (κ3) is 4.07. The van der Waals surface area contributed by atoms with Gasteiger partial charge < -0.3 is 5.32 Å².